The summed E-state index contributed by atoms with van der Waals surface area (Å²) < 4.78 is 35.5. The van der Waals surface area contributed by atoms with Gasteiger partial charge in [0.25, 0.3) is 0 Å². The van der Waals surface area contributed by atoms with Gasteiger partial charge in [0, 0.05) is 6.42 Å². The van der Waals surface area contributed by atoms with Gasteiger partial charge < -0.3 is 14.6 Å². The Labute approximate surface area is 212 Å². The highest BCUT2D eigenvalue weighted by Gasteiger charge is 2.25. The zero-order chi connectivity index (χ0) is 25.7. The second kappa shape index (κ2) is 11.2. The first-order chi connectivity index (χ1) is 17.2. The molecule has 0 aliphatic carbocycles. The van der Waals surface area contributed by atoms with E-state index in [2.05, 4.69) is 26.0 Å². The number of aliphatic carboxylic acids is 1. The SMILES string of the molecule is Cc1cc(OC2CCS(=O)(=O)CC2)cc(C)c1-c1cccc(COc2ccc(CCC(=O)O)cc2)c1. The van der Waals surface area contributed by atoms with Crippen molar-refractivity contribution in [2.24, 2.45) is 0 Å². The first kappa shape index (κ1) is 25.8. The molecule has 1 aliphatic rings. The molecule has 190 valence electrons. The minimum Gasteiger partial charge on any atom is -0.490 e. The van der Waals surface area contributed by atoms with Gasteiger partial charge in [-0.1, -0.05) is 30.3 Å². The zero-order valence-corrected chi connectivity index (χ0v) is 21.5. The summed E-state index contributed by atoms with van der Waals surface area (Å²) in [4.78, 5) is 10.7. The van der Waals surface area contributed by atoms with Crippen molar-refractivity contribution in [3.63, 3.8) is 0 Å². The van der Waals surface area contributed by atoms with Crippen LogP contribution in [0, 0.1) is 13.8 Å². The third kappa shape index (κ3) is 6.88. The fraction of sp³-hybridized carbons (Fsp3) is 0.345. The van der Waals surface area contributed by atoms with Crippen LogP contribution in [0.4, 0.5) is 0 Å². The van der Waals surface area contributed by atoms with Gasteiger partial charge in [-0.05, 0) is 96.8 Å². The van der Waals surface area contributed by atoms with Crippen molar-refractivity contribution in [2.45, 2.75) is 52.2 Å². The summed E-state index contributed by atoms with van der Waals surface area (Å²) in [6.45, 7) is 4.55. The van der Waals surface area contributed by atoms with E-state index in [9.17, 15) is 13.2 Å². The molecule has 0 unspecified atom stereocenters. The highest BCUT2D eigenvalue weighted by Crippen LogP contribution is 2.33. The van der Waals surface area contributed by atoms with Crippen LogP contribution >= 0.6 is 0 Å². The van der Waals surface area contributed by atoms with Crippen LogP contribution in [-0.2, 0) is 27.7 Å². The van der Waals surface area contributed by atoms with Crippen LogP contribution < -0.4 is 9.47 Å². The van der Waals surface area contributed by atoms with Crippen LogP contribution in [-0.4, -0.2) is 37.1 Å². The molecule has 0 atom stereocenters. The quantitative estimate of drug-likeness (QED) is 0.409. The van der Waals surface area contributed by atoms with Crippen LogP contribution in [0.5, 0.6) is 11.5 Å². The molecule has 0 bridgehead atoms. The first-order valence-corrected chi connectivity index (χ1v) is 14.0. The Morgan fingerprint density at radius 2 is 1.58 bits per heavy atom. The number of carboxylic acid groups (broad SMARTS) is 1. The van der Waals surface area contributed by atoms with Gasteiger partial charge >= 0.3 is 5.97 Å². The molecular weight excluding hydrogens is 476 g/mol. The Morgan fingerprint density at radius 1 is 0.917 bits per heavy atom. The molecule has 1 heterocycles. The van der Waals surface area contributed by atoms with E-state index in [-0.39, 0.29) is 24.0 Å². The maximum Gasteiger partial charge on any atom is 0.303 e. The number of carboxylic acids is 1. The van der Waals surface area contributed by atoms with Gasteiger partial charge in [-0.3, -0.25) is 4.79 Å². The van der Waals surface area contributed by atoms with E-state index in [1.165, 1.54) is 0 Å². The van der Waals surface area contributed by atoms with Gasteiger partial charge in [-0.2, -0.15) is 0 Å². The molecule has 0 spiro atoms. The van der Waals surface area contributed by atoms with Crippen LogP contribution in [0.15, 0.2) is 60.7 Å². The molecule has 0 radical (unpaired) electrons. The standard InChI is InChI=1S/C29H32O6S/c1-20-16-27(35-26-12-14-36(32,33)15-13-26)17-21(2)29(20)24-5-3-4-23(18-24)19-34-25-9-6-22(7-10-25)8-11-28(30)31/h3-7,9-10,16-18,26H,8,11-15,19H2,1-2H3,(H,30,31). The summed E-state index contributed by atoms with van der Waals surface area (Å²) in [5.41, 5.74) is 6.47. The van der Waals surface area contributed by atoms with E-state index in [0.717, 1.165) is 44.9 Å². The van der Waals surface area contributed by atoms with Gasteiger partial charge in [0.1, 0.15) is 24.2 Å². The predicted octanol–water partition coefficient (Wildman–Crippen LogP) is 5.52. The van der Waals surface area contributed by atoms with Gasteiger partial charge in [0.15, 0.2) is 9.84 Å². The molecule has 1 saturated heterocycles. The minimum atomic E-state index is -2.91. The molecule has 1 fully saturated rings. The third-order valence-electron chi connectivity index (χ3n) is 6.48. The van der Waals surface area contributed by atoms with Crippen molar-refractivity contribution in [3.05, 3.63) is 82.9 Å². The third-order valence-corrected chi connectivity index (χ3v) is 8.20. The number of sulfone groups is 1. The van der Waals surface area contributed by atoms with E-state index in [4.69, 9.17) is 14.6 Å². The van der Waals surface area contributed by atoms with E-state index in [0.29, 0.717) is 25.9 Å². The number of hydrogen-bond donors (Lipinski definition) is 1. The van der Waals surface area contributed by atoms with E-state index in [1.54, 1.807) is 0 Å². The Morgan fingerprint density at radius 3 is 2.22 bits per heavy atom. The Bertz CT molecular complexity index is 1290. The molecule has 0 amide bonds. The minimum absolute atomic E-state index is 0.0649. The monoisotopic (exact) mass is 508 g/mol. The lowest BCUT2D eigenvalue weighted by Gasteiger charge is -2.24. The summed E-state index contributed by atoms with van der Waals surface area (Å²) in [6, 6.07) is 19.9. The Hall–Kier alpha value is -3.32. The maximum absolute atomic E-state index is 11.7. The molecule has 3 aromatic rings. The molecule has 6 nitrogen and oxygen atoms in total. The molecule has 0 saturated carbocycles. The van der Waals surface area contributed by atoms with Crippen molar-refractivity contribution in [2.75, 3.05) is 11.5 Å². The number of benzene rings is 3. The second-order valence-corrected chi connectivity index (χ2v) is 11.7. The second-order valence-electron chi connectivity index (χ2n) is 9.43. The summed E-state index contributed by atoms with van der Waals surface area (Å²) in [5.74, 6) is 1.10. The predicted molar refractivity (Wildman–Crippen MR) is 140 cm³/mol. The van der Waals surface area contributed by atoms with Gasteiger partial charge in [-0.15, -0.1) is 0 Å². The van der Waals surface area contributed by atoms with Gasteiger partial charge in [-0.25, -0.2) is 8.42 Å². The maximum atomic E-state index is 11.7. The van der Waals surface area contributed by atoms with Crippen molar-refractivity contribution in [1.29, 1.82) is 0 Å². The van der Waals surface area contributed by atoms with Gasteiger partial charge in [0.2, 0.25) is 0 Å². The Balaban J connectivity index is 1.41. The molecule has 3 aromatic carbocycles. The summed E-state index contributed by atoms with van der Waals surface area (Å²) in [6.07, 6.45) is 1.63. The molecular formula is C29H32O6S. The fourth-order valence-electron chi connectivity index (χ4n) is 4.61. The average molecular weight is 509 g/mol. The number of carbonyl (C=O) groups is 1. The number of hydrogen-bond acceptors (Lipinski definition) is 5. The Kier molecular flexibility index (Phi) is 7.99. The normalized spacial score (nSPS) is 15.4. The van der Waals surface area contributed by atoms with Crippen LogP contribution in [0.25, 0.3) is 11.1 Å². The highest BCUT2D eigenvalue weighted by atomic mass is 32.2. The summed E-state index contributed by atoms with van der Waals surface area (Å²) >= 11 is 0. The van der Waals surface area contributed by atoms with Gasteiger partial charge in [0.05, 0.1) is 11.5 Å². The molecule has 0 aromatic heterocycles. The van der Waals surface area contributed by atoms with Crippen molar-refractivity contribution in [3.8, 4) is 22.6 Å². The van der Waals surface area contributed by atoms with Crippen LogP contribution in [0.2, 0.25) is 0 Å². The largest absolute Gasteiger partial charge is 0.490 e. The topological polar surface area (TPSA) is 89.9 Å². The summed E-state index contributed by atoms with van der Waals surface area (Å²) in [5, 5.41) is 8.83. The van der Waals surface area contributed by atoms with E-state index < -0.39 is 15.8 Å². The lowest BCUT2D eigenvalue weighted by molar-refractivity contribution is -0.136. The first-order valence-electron chi connectivity index (χ1n) is 12.2. The lowest BCUT2D eigenvalue weighted by Crippen LogP contribution is -2.30. The fourth-order valence-corrected chi connectivity index (χ4v) is 6.06. The van der Waals surface area contributed by atoms with Crippen LogP contribution in [0.1, 0.15) is 41.5 Å². The zero-order valence-electron chi connectivity index (χ0n) is 20.7. The molecule has 1 N–H and O–H groups in total. The average Bonchev–Trinajstić information content (AvgIpc) is 2.83. The van der Waals surface area contributed by atoms with Crippen molar-refractivity contribution in [1.82, 2.24) is 0 Å². The summed E-state index contributed by atoms with van der Waals surface area (Å²) in [7, 11) is -2.91. The van der Waals surface area contributed by atoms with E-state index >= 15 is 0 Å². The van der Waals surface area contributed by atoms with Crippen molar-refractivity contribution >= 4 is 15.8 Å². The number of rotatable bonds is 9. The van der Waals surface area contributed by atoms with Crippen molar-refractivity contribution < 1.29 is 27.8 Å². The molecule has 1 aliphatic heterocycles. The lowest BCUT2D eigenvalue weighted by atomic mass is 9.94. The molecule has 4 rings (SSSR count). The highest BCUT2D eigenvalue weighted by molar-refractivity contribution is 7.91. The number of aryl methyl sites for hydroxylation is 3. The molecule has 36 heavy (non-hydrogen) atoms. The molecule has 7 heteroatoms. The smallest absolute Gasteiger partial charge is 0.303 e. The van der Waals surface area contributed by atoms with Crippen LogP contribution in [0.3, 0.4) is 0 Å². The number of ether oxygens (including phenoxy) is 2. The van der Waals surface area contributed by atoms with E-state index in [1.807, 2.05) is 48.5 Å².